The number of aryl methyl sites for hydroxylation is 1. The number of nitrogens with zero attached hydrogens (tertiary/aromatic N) is 2. The van der Waals surface area contributed by atoms with Crippen molar-refractivity contribution in [1.29, 1.82) is 0 Å². The summed E-state index contributed by atoms with van der Waals surface area (Å²) in [5.74, 6) is 0.817. The standard InChI is InChI=1S/C14H21BrN2O2/c1-3-17-9-12(15)8-13(17)14(18)16(2)6-7-19-10-11-4-5-11/h8-9,11H,3-7,10H2,1-2H3. The number of rotatable bonds is 7. The third kappa shape index (κ3) is 4.08. The van der Waals surface area contributed by atoms with Gasteiger partial charge in [-0.25, -0.2) is 0 Å². The van der Waals surface area contributed by atoms with Crippen molar-refractivity contribution in [3.63, 3.8) is 0 Å². The largest absolute Gasteiger partial charge is 0.379 e. The molecule has 1 aromatic rings. The number of halogens is 1. The Morgan fingerprint density at radius 1 is 1.58 bits per heavy atom. The van der Waals surface area contributed by atoms with E-state index in [9.17, 15) is 4.79 Å². The molecule has 0 saturated heterocycles. The van der Waals surface area contributed by atoms with Crippen LogP contribution in [0.15, 0.2) is 16.7 Å². The number of carbonyl (C=O) groups excluding carboxylic acids is 1. The molecule has 0 unspecified atom stereocenters. The molecule has 1 aliphatic rings. The van der Waals surface area contributed by atoms with Crippen LogP contribution in [0.1, 0.15) is 30.3 Å². The van der Waals surface area contributed by atoms with Crippen LogP contribution in [0.25, 0.3) is 0 Å². The van der Waals surface area contributed by atoms with Crippen LogP contribution in [0.3, 0.4) is 0 Å². The fourth-order valence-corrected chi connectivity index (χ4v) is 2.41. The average Bonchev–Trinajstić information content (AvgIpc) is 3.14. The third-order valence-electron chi connectivity index (χ3n) is 3.39. The Morgan fingerprint density at radius 3 is 2.95 bits per heavy atom. The average molecular weight is 329 g/mol. The summed E-state index contributed by atoms with van der Waals surface area (Å²) in [5.41, 5.74) is 0.721. The molecule has 1 fully saturated rings. The maximum atomic E-state index is 12.3. The first kappa shape index (κ1) is 14.6. The zero-order chi connectivity index (χ0) is 13.8. The number of amides is 1. The molecule has 0 radical (unpaired) electrons. The van der Waals surface area contributed by atoms with Gasteiger partial charge in [0.2, 0.25) is 0 Å². The lowest BCUT2D eigenvalue weighted by molar-refractivity contribution is 0.0672. The van der Waals surface area contributed by atoms with E-state index < -0.39 is 0 Å². The molecule has 1 aliphatic carbocycles. The molecular weight excluding hydrogens is 308 g/mol. The molecule has 0 bridgehead atoms. The fourth-order valence-electron chi connectivity index (χ4n) is 1.95. The zero-order valence-electron chi connectivity index (χ0n) is 11.6. The highest BCUT2D eigenvalue weighted by molar-refractivity contribution is 9.10. The first-order valence-electron chi connectivity index (χ1n) is 6.80. The first-order valence-corrected chi connectivity index (χ1v) is 7.60. The monoisotopic (exact) mass is 328 g/mol. The summed E-state index contributed by atoms with van der Waals surface area (Å²) in [6.07, 6.45) is 4.53. The van der Waals surface area contributed by atoms with Gasteiger partial charge in [0, 0.05) is 37.4 Å². The van der Waals surface area contributed by atoms with Crippen molar-refractivity contribution >= 4 is 21.8 Å². The lowest BCUT2D eigenvalue weighted by Crippen LogP contribution is -2.31. The van der Waals surface area contributed by atoms with E-state index in [1.807, 2.05) is 30.8 Å². The van der Waals surface area contributed by atoms with Gasteiger partial charge in [0.05, 0.1) is 6.61 Å². The van der Waals surface area contributed by atoms with Crippen molar-refractivity contribution < 1.29 is 9.53 Å². The highest BCUT2D eigenvalue weighted by atomic mass is 79.9. The van der Waals surface area contributed by atoms with Crippen LogP contribution in [0.2, 0.25) is 0 Å². The van der Waals surface area contributed by atoms with Gasteiger partial charge >= 0.3 is 0 Å². The Morgan fingerprint density at radius 2 is 2.32 bits per heavy atom. The van der Waals surface area contributed by atoms with Crippen molar-refractivity contribution in [2.24, 2.45) is 5.92 Å². The van der Waals surface area contributed by atoms with Gasteiger partial charge in [-0.3, -0.25) is 4.79 Å². The number of ether oxygens (including phenoxy) is 1. The Hall–Kier alpha value is -0.810. The lowest BCUT2D eigenvalue weighted by atomic mass is 10.3. The van der Waals surface area contributed by atoms with E-state index in [0.29, 0.717) is 13.2 Å². The summed E-state index contributed by atoms with van der Waals surface area (Å²) in [6, 6.07) is 1.87. The molecule has 106 valence electrons. The van der Waals surface area contributed by atoms with Crippen LogP contribution < -0.4 is 0 Å². The summed E-state index contributed by atoms with van der Waals surface area (Å²) < 4.78 is 8.46. The van der Waals surface area contributed by atoms with Crippen LogP contribution >= 0.6 is 15.9 Å². The second-order valence-electron chi connectivity index (χ2n) is 5.07. The van der Waals surface area contributed by atoms with Crippen molar-refractivity contribution in [3.05, 3.63) is 22.4 Å². The highest BCUT2D eigenvalue weighted by Gasteiger charge is 2.21. The van der Waals surface area contributed by atoms with E-state index in [0.717, 1.165) is 29.2 Å². The summed E-state index contributed by atoms with van der Waals surface area (Å²) in [6.45, 7) is 4.92. The first-order chi connectivity index (χ1) is 9.11. The molecular formula is C14H21BrN2O2. The molecule has 2 rings (SSSR count). The van der Waals surface area contributed by atoms with Gasteiger partial charge in [-0.15, -0.1) is 0 Å². The van der Waals surface area contributed by atoms with E-state index in [1.54, 1.807) is 4.90 Å². The molecule has 1 heterocycles. The number of carbonyl (C=O) groups is 1. The zero-order valence-corrected chi connectivity index (χ0v) is 13.1. The van der Waals surface area contributed by atoms with Gasteiger partial charge in [-0.2, -0.15) is 0 Å². The maximum absolute atomic E-state index is 12.3. The summed E-state index contributed by atoms with van der Waals surface area (Å²) in [7, 11) is 1.82. The smallest absolute Gasteiger partial charge is 0.270 e. The third-order valence-corrected chi connectivity index (χ3v) is 3.82. The topological polar surface area (TPSA) is 34.5 Å². The van der Waals surface area contributed by atoms with Gasteiger partial charge in [0.25, 0.3) is 5.91 Å². The molecule has 5 heteroatoms. The number of likely N-dealkylation sites (N-methyl/N-ethyl adjacent to an activating group) is 1. The van der Waals surface area contributed by atoms with Crippen LogP contribution in [0.5, 0.6) is 0 Å². The number of hydrogen-bond donors (Lipinski definition) is 0. The normalized spacial score (nSPS) is 14.7. The molecule has 0 N–H and O–H groups in total. The minimum atomic E-state index is 0.0440. The Labute approximate surface area is 122 Å². The highest BCUT2D eigenvalue weighted by Crippen LogP contribution is 2.28. The predicted octanol–water partition coefficient (Wildman–Crippen LogP) is 2.77. The molecule has 0 aromatic carbocycles. The second-order valence-corrected chi connectivity index (χ2v) is 5.99. The maximum Gasteiger partial charge on any atom is 0.270 e. The predicted molar refractivity (Wildman–Crippen MR) is 78.3 cm³/mol. The van der Waals surface area contributed by atoms with E-state index >= 15 is 0 Å². The summed E-state index contributed by atoms with van der Waals surface area (Å²) in [4.78, 5) is 14.0. The molecule has 1 aromatic heterocycles. The summed E-state index contributed by atoms with van der Waals surface area (Å²) >= 11 is 3.41. The molecule has 0 spiro atoms. The van der Waals surface area contributed by atoms with E-state index in [2.05, 4.69) is 15.9 Å². The van der Waals surface area contributed by atoms with Gasteiger partial charge in [-0.1, -0.05) is 0 Å². The van der Waals surface area contributed by atoms with E-state index in [1.165, 1.54) is 12.8 Å². The molecule has 4 nitrogen and oxygen atoms in total. The summed E-state index contributed by atoms with van der Waals surface area (Å²) in [5, 5.41) is 0. The molecule has 0 aliphatic heterocycles. The van der Waals surface area contributed by atoms with Gasteiger partial charge < -0.3 is 14.2 Å². The minimum absolute atomic E-state index is 0.0440. The van der Waals surface area contributed by atoms with Crippen molar-refractivity contribution in [3.8, 4) is 0 Å². The lowest BCUT2D eigenvalue weighted by Gasteiger charge is -2.18. The fraction of sp³-hybridized carbons (Fsp3) is 0.643. The van der Waals surface area contributed by atoms with Crippen LogP contribution in [0, 0.1) is 5.92 Å². The second kappa shape index (κ2) is 6.57. The quantitative estimate of drug-likeness (QED) is 0.721. The number of aromatic nitrogens is 1. The minimum Gasteiger partial charge on any atom is -0.379 e. The van der Waals surface area contributed by atoms with Crippen molar-refractivity contribution in [1.82, 2.24) is 9.47 Å². The molecule has 1 saturated carbocycles. The van der Waals surface area contributed by atoms with Crippen LogP contribution in [-0.4, -0.2) is 42.2 Å². The molecule has 19 heavy (non-hydrogen) atoms. The van der Waals surface area contributed by atoms with Crippen LogP contribution in [0.4, 0.5) is 0 Å². The van der Waals surface area contributed by atoms with Gasteiger partial charge in [-0.05, 0) is 47.7 Å². The van der Waals surface area contributed by atoms with Crippen LogP contribution in [-0.2, 0) is 11.3 Å². The van der Waals surface area contributed by atoms with Crippen molar-refractivity contribution in [2.75, 3.05) is 26.8 Å². The Bertz CT molecular complexity index is 441. The number of hydrogen-bond acceptors (Lipinski definition) is 2. The van der Waals surface area contributed by atoms with E-state index in [-0.39, 0.29) is 5.91 Å². The molecule has 0 atom stereocenters. The van der Waals surface area contributed by atoms with E-state index in [4.69, 9.17) is 4.74 Å². The van der Waals surface area contributed by atoms with Crippen molar-refractivity contribution in [2.45, 2.75) is 26.3 Å². The Kier molecular flexibility index (Phi) is 5.05. The molecule has 1 amide bonds. The Balaban J connectivity index is 1.82. The van der Waals surface area contributed by atoms with Gasteiger partial charge in [0.1, 0.15) is 5.69 Å². The SMILES string of the molecule is CCn1cc(Br)cc1C(=O)N(C)CCOCC1CC1. The van der Waals surface area contributed by atoms with Gasteiger partial charge in [0.15, 0.2) is 0 Å².